The van der Waals surface area contributed by atoms with Crippen molar-refractivity contribution in [2.24, 2.45) is 0 Å². The predicted octanol–water partition coefficient (Wildman–Crippen LogP) is 4.63. The minimum absolute atomic E-state index is 0.261. The zero-order chi connectivity index (χ0) is 15.8. The molecule has 0 aromatic heterocycles. The maximum atomic E-state index is 10.3. The van der Waals surface area contributed by atoms with Gasteiger partial charge in [0.25, 0.3) is 0 Å². The molecule has 0 heterocycles. The lowest BCUT2D eigenvalue weighted by Gasteiger charge is -2.00. The molecule has 0 amide bonds. The van der Waals surface area contributed by atoms with Crippen molar-refractivity contribution < 1.29 is 15.0 Å². The number of allylic oxidation sites excluding steroid dienone is 4. The molecule has 0 bridgehead atoms. The molecule has 0 aliphatic rings. The van der Waals surface area contributed by atoms with E-state index in [0.717, 1.165) is 32.1 Å². The molecule has 1 unspecified atom stereocenters. The number of carboxylic acids is 1. The molecule has 0 aliphatic carbocycles. The summed E-state index contributed by atoms with van der Waals surface area (Å²) in [6, 6.07) is 0. The number of carbonyl (C=O) groups is 1. The second-order valence-electron chi connectivity index (χ2n) is 5.19. The third-order valence-electron chi connectivity index (χ3n) is 3.08. The molecular weight excluding hydrogens is 264 g/mol. The number of aliphatic hydroxyl groups excluding tert-OH is 1. The highest BCUT2D eigenvalue weighted by Gasteiger charge is 1.94. The summed E-state index contributed by atoms with van der Waals surface area (Å²) >= 11 is 0. The number of rotatable bonds is 13. The first-order valence-corrected chi connectivity index (χ1v) is 8.03. The van der Waals surface area contributed by atoms with Crippen molar-refractivity contribution in [2.45, 2.75) is 70.8 Å². The Bertz CT molecular complexity index is 329. The summed E-state index contributed by atoms with van der Waals surface area (Å²) < 4.78 is 0. The van der Waals surface area contributed by atoms with Crippen LogP contribution in [-0.2, 0) is 4.79 Å². The Balaban J connectivity index is 3.50. The summed E-state index contributed by atoms with van der Waals surface area (Å²) in [5.74, 6) is -0.718. The van der Waals surface area contributed by atoms with Gasteiger partial charge in [0.2, 0.25) is 0 Å². The second kappa shape index (κ2) is 15.0. The van der Waals surface area contributed by atoms with E-state index in [1.807, 2.05) is 12.2 Å². The number of hydrogen-bond acceptors (Lipinski definition) is 2. The Labute approximate surface area is 129 Å². The quantitative estimate of drug-likeness (QED) is 0.384. The van der Waals surface area contributed by atoms with Crippen LogP contribution < -0.4 is 0 Å². The summed E-state index contributed by atoms with van der Waals surface area (Å²) in [5.41, 5.74) is 0. The zero-order valence-corrected chi connectivity index (χ0v) is 13.2. The van der Waals surface area contributed by atoms with E-state index in [0.29, 0.717) is 6.42 Å². The van der Waals surface area contributed by atoms with Crippen molar-refractivity contribution in [3.8, 4) is 0 Å². The van der Waals surface area contributed by atoms with Gasteiger partial charge in [-0.1, -0.05) is 56.2 Å². The van der Waals surface area contributed by atoms with Crippen LogP contribution in [0.4, 0.5) is 0 Å². The Kier molecular flexibility index (Phi) is 14.1. The number of unbranched alkanes of at least 4 members (excludes halogenated alkanes) is 4. The van der Waals surface area contributed by atoms with Gasteiger partial charge in [0.05, 0.1) is 6.10 Å². The molecule has 0 aliphatic heterocycles. The van der Waals surface area contributed by atoms with Crippen LogP contribution in [0.5, 0.6) is 0 Å². The van der Waals surface area contributed by atoms with Crippen molar-refractivity contribution in [1.29, 1.82) is 0 Å². The molecule has 0 saturated carbocycles. The van der Waals surface area contributed by atoms with Crippen LogP contribution in [0.2, 0.25) is 0 Å². The summed E-state index contributed by atoms with van der Waals surface area (Å²) in [6.45, 7) is 2.16. The third kappa shape index (κ3) is 16.6. The van der Waals surface area contributed by atoms with E-state index in [1.54, 1.807) is 0 Å². The Morgan fingerprint density at radius 2 is 1.71 bits per heavy atom. The van der Waals surface area contributed by atoms with Crippen LogP contribution in [0.15, 0.2) is 36.5 Å². The van der Waals surface area contributed by atoms with Crippen LogP contribution in [0.25, 0.3) is 0 Å². The molecule has 0 spiro atoms. The van der Waals surface area contributed by atoms with Crippen LogP contribution in [0.1, 0.15) is 64.7 Å². The molecule has 2 N–H and O–H groups in total. The summed E-state index contributed by atoms with van der Waals surface area (Å²) in [4.78, 5) is 10.3. The van der Waals surface area contributed by atoms with E-state index >= 15 is 0 Å². The molecule has 0 aromatic carbocycles. The Morgan fingerprint density at radius 3 is 2.43 bits per heavy atom. The maximum Gasteiger partial charge on any atom is 0.303 e. The standard InChI is InChI=1S/C18H30O3/c1-2-3-4-11-14-17(19)15-12-9-7-5-6-8-10-13-16-18(20)21/h5-6,9,11-12,14,17,19H,2-4,7-8,10,13,15-16H2,1H3,(H,20,21). The summed E-state index contributed by atoms with van der Waals surface area (Å²) in [6.07, 6.45) is 19.6. The van der Waals surface area contributed by atoms with E-state index in [-0.39, 0.29) is 12.5 Å². The first-order valence-electron chi connectivity index (χ1n) is 8.03. The van der Waals surface area contributed by atoms with E-state index in [2.05, 4.69) is 31.2 Å². The molecule has 0 aromatic rings. The van der Waals surface area contributed by atoms with Crippen molar-refractivity contribution >= 4 is 5.97 Å². The van der Waals surface area contributed by atoms with Gasteiger partial charge < -0.3 is 10.2 Å². The Hall–Kier alpha value is -1.35. The van der Waals surface area contributed by atoms with Crippen LogP contribution in [0.3, 0.4) is 0 Å². The van der Waals surface area contributed by atoms with E-state index in [1.165, 1.54) is 12.8 Å². The fourth-order valence-corrected chi connectivity index (χ4v) is 1.82. The molecule has 1 atom stereocenters. The molecule has 3 nitrogen and oxygen atoms in total. The van der Waals surface area contributed by atoms with E-state index < -0.39 is 5.97 Å². The number of aliphatic hydroxyl groups is 1. The third-order valence-corrected chi connectivity index (χ3v) is 3.08. The van der Waals surface area contributed by atoms with Gasteiger partial charge in [-0.15, -0.1) is 0 Å². The van der Waals surface area contributed by atoms with Crippen molar-refractivity contribution in [2.75, 3.05) is 0 Å². The molecule has 120 valence electrons. The number of aliphatic carboxylic acids is 1. The van der Waals surface area contributed by atoms with Crippen molar-refractivity contribution in [1.82, 2.24) is 0 Å². The lowest BCUT2D eigenvalue weighted by molar-refractivity contribution is -0.137. The SMILES string of the molecule is CCCCC=CC(O)CC=CCC=CCCCCC(=O)O. The maximum absolute atomic E-state index is 10.3. The molecule has 3 heteroatoms. The molecule has 0 radical (unpaired) electrons. The topological polar surface area (TPSA) is 57.5 Å². The Morgan fingerprint density at radius 1 is 1.00 bits per heavy atom. The smallest absolute Gasteiger partial charge is 0.303 e. The molecular formula is C18H30O3. The predicted molar refractivity (Wildman–Crippen MR) is 88.3 cm³/mol. The first-order chi connectivity index (χ1) is 10.2. The largest absolute Gasteiger partial charge is 0.481 e. The van der Waals surface area contributed by atoms with Crippen molar-refractivity contribution in [3.63, 3.8) is 0 Å². The monoisotopic (exact) mass is 294 g/mol. The average molecular weight is 294 g/mol. The minimum Gasteiger partial charge on any atom is -0.481 e. The van der Waals surface area contributed by atoms with Gasteiger partial charge in [-0.2, -0.15) is 0 Å². The summed E-state index contributed by atoms with van der Waals surface area (Å²) in [5, 5.41) is 18.2. The highest BCUT2D eigenvalue weighted by Crippen LogP contribution is 2.03. The van der Waals surface area contributed by atoms with Gasteiger partial charge in [0, 0.05) is 6.42 Å². The number of hydrogen-bond donors (Lipinski definition) is 2. The number of carboxylic acid groups (broad SMARTS) is 1. The highest BCUT2D eigenvalue weighted by molar-refractivity contribution is 5.66. The van der Waals surface area contributed by atoms with Gasteiger partial charge in [-0.25, -0.2) is 0 Å². The normalized spacial score (nSPS) is 13.6. The highest BCUT2D eigenvalue weighted by atomic mass is 16.4. The average Bonchev–Trinajstić information content (AvgIpc) is 2.45. The van der Waals surface area contributed by atoms with Crippen molar-refractivity contribution in [3.05, 3.63) is 36.5 Å². The van der Waals surface area contributed by atoms with Crippen LogP contribution in [0, 0.1) is 0 Å². The molecule has 0 saturated heterocycles. The fraction of sp³-hybridized carbons (Fsp3) is 0.611. The van der Waals surface area contributed by atoms with Gasteiger partial charge in [0.1, 0.15) is 0 Å². The molecule has 0 rings (SSSR count). The fourth-order valence-electron chi connectivity index (χ4n) is 1.82. The minimum atomic E-state index is -0.718. The van der Waals surface area contributed by atoms with Gasteiger partial charge in [-0.05, 0) is 38.5 Å². The van der Waals surface area contributed by atoms with Gasteiger partial charge in [0.15, 0.2) is 0 Å². The van der Waals surface area contributed by atoms with Crippen LogP contribution in [-0.4, -0.2) is 22.3 Å². The summed E-state index contributed by atoms with van der Waals surface area (Å²) in [7, 11) is 0. The second-order valence-corrected chi connectivity index (χ2v) is 5.19. The first kappa shape index (κ1) is 19.7. The molecule has 21 heavy (non-hydrogen) atoms. The lowest BCUT2D eigenvalue weighted by Crippen LogP contribution is -1.98. The lowest BCUT2D eigenvalue weighted by atomic mass is 10.1. The zero-order valence-electron chi connectivity index (χ0n) is 13.2. The molecule has 0 fully saturated rings. The van der Waals surface area contributed by atoms with E-state index in [4.69, 9.17) is 5.11 Å². The van der Waals surface area contributed by atoms with Crippen LogP contribution >= 0.6 is 0 Å². The van der Waals surface area contributed by atoms with Gasteiger partial charge >= 0.3 is 5.97 Å². The van der Waals surface area contributed by atoms with E-state index in [9.17, 15) is 9.90 Å². The van der Waals surface area contributed by atoms with Gasteiger partial charge in [-0.3, -0.25) is 4.79 Å².